The second-order valence-corrected chi connectivity index (χ2v) is 3.56. The lowest BCUT2D eigenvalue weighted by Gasteiger charge is -2.15. The lowest BCUT2D eigenvalue weighted by molar-refractivity contribution is 0.129. The van der Waals surface area contributed by atoms with Gasteiger partial charge in [-0.25, -0.2) is 0 Å². The van der Waals surface area contributed by atoms with Gasteiger partial charge in [0.2, 0.25) is 0 Å². The molecule has 0 amide bonds. The van der Waals surface area contributed by atoms with Crippen molar-refractivity contribution in [2.45, 2.75) is 12.5 Å². The molecule has 0 saturated carbocycles. The topological polar surface area (TPSA) is 24.5 Å². The van der Waals surface area contributed by atoms with Gasteiger partial charge in [0, 0.05) is 19.6 Å². The maximum atomic E-state index is 5.74. The Balaban J connectivity index is 1.84. The van der Waals surface area contributed by atoms with Gasteiger partial charge in [0.1, 0.15) is 18.1 Å². The number of rotatable bonds is 2. The molecule has 1 fully saturated rings. The Kier molecular flexibility index (Phi) is 2.54. The van der Waals surface area contributed by atoms with Crippen molar-refractivity contribution >= 4 is 0 Å². The lowest BCUT2D eigenvalue weighted by atomic mass is 10.3. The minimum atomic E-state index is 0.344. The number of nitrogens with one attached hydrogen (secondary N) is 1. The minimum absolute atomic E-state index is 0.344. The summed E-state index contributed by atoms with van der Waals surface area (Å²) < 4.78 is 5.74. The van der Waals surface area contributed by atoms with Gasteiger partial charge in [-0.05, 0) is 19.5 Å². The highest BCUT2D eigenvalue weighted by molar-refractivity contribution is 5.13. The van der Waals surface area contributed by atoms with Crippen LogP contribution in [0.2, 0.25) is 0 Å². The molecule has 0 aromatic carbocycles. The second kappa shape index (κ2) is 3.83. The summed E-state index contributed by atoms with van der Waals surface area (Å²) in [5.41, 5.74) is 0. The molecule has 0 spiro atoms. The molecule has 0 aromatic heterocycles. The molecule has 0 aromatic rings. The van der Waals surface area contributed by atoms with Crippen LogP contribution in [0.15, 0.2) is 17.9 Å². The van der Waals surface area contributed by atoms with E-state index >= 15 is 0 Å². The van der Waals surface area contributed by atoms with Gasteiger partial charge in [-0.15, -0.1) is 0 Å². The molecule has 0 bridgehead atoms. The van der Waals surface area contributed by atoms with Crippen molar-refractivity contribution in [3.63, 3.8) is 0 Å². The Morgan fingerprint density at radius 1 is 1.69 bits per heavy atom. The molecule has 1 atom stereocenters. The molecule has 0 aliphatic carbocycles. The monoisotopic (exact) mass is 179 g/mol. The van der Waals surface area contributed by atoms with E-state index in [-0.39, 0.29) is 0 Å². The maximum Gasteiger partial charge on any atom is 0.144 e. The van der Waals surface area contributed by atoms with Crippen LogP contribution in [-0.4, -0.2) is 37.7 Å². The third kappa shape index (κ3) is 2.25. The summed E-state index contributed by atoms with van der Waals surface area (Å²) in [4.78, 5) is 2.28. The van der Waals surface area contributed by atoms with E-state index in [9.17, 15) is 0 Å². The van der Waals surface area contributed by atoms with Crippen molar-refractivity contribution in [1.29, 1.82) is 0 Å². The average molecular weight is 179 g/mol. The first kappa shape index (κ1) is 8.63. The van der Waals surface area contributed by atoms with Gasteiger partial charge in [-0.3, -0.25) is 0 Å². The number of likely N-dealkylation sites (N-methyl/N-ethyl adjacent to an activating group) is 1. The zero-order chi connectivity index (χ0) is 9.10. The van der Waals surface area contributed by atoms with Gasteiger partial charge in [0.25, 0.3) is 0 Å². The molecule has 1 saturated heterocycles. The van der Waals surface area contributed by atoms with Crippen molar-refractivity contribution in [3.05, 3.63) is 24.1 Å². The first-order valence-electron chi connectivity index (χ1n) is 4.72. The van der Waals surface area contributed by atoms with Crippen LogP contribution < -0.4 is 5.32 Å². The molecule has 2 aliphatic heterocycles. The Bertz CT molecular complexity index is 235. The van der Waals surface area contributed by atoms with Crippen molar-refractivity contribution in [3.8, 4) is 0 Å². The smallest absolute Gasteiger partial charge is 0.144 e. The van der Waals surface area contributed by atoms with Crippen LogP contribution in [0.5, 0.6) is 0 Å². The van der Waals surface area contributed by atoms with Crippen LogP contribution in [0.25, 0.3) is 0 Å². The van der Waals surface area contributed by atoms with Crippen molar-refractivity contribution < 1.29 is 4.74 Å². The van der Waals surface area contributed by atoms with Crippen LogP contribution in [0.3, 0.4) is 0 Å². The van der Waals surface area contributed by atoms with E-state index in [2.05, 4.69) is 23.5 Å². The fourth-order valence-corrected chi connectivity index (χ4v) is 1.64. The van der Waals surface area contributed by atoms with Gasteiger partial charge in [-0.1, -0.05) is 6.08 Å². The Morgan fingerprint density at radius 2 is 2.62 bits per heavy atom. The van der Waals surface area contributed by atoms with E-state index in [1.807, 2.05) is 12.2 Å². The van der Waals surface area contributed by atoms with Crippen LogP contribution in [0.1, 0.15) is 6.42 Å². The molecule has 1 N–H and O–H groups in total. The third-order valence-corrected chi connectivity index (χ3v) is 2.34. The first-order valence-corrected chi connectivity index (χ1v) is 4.72. The van der Waals surface area contributed by atoms with E-state index in [0.717, 1.165) is 31.8 Å². The summed E-state index contributed by atoms with van der Waals surface area (Å²) in [5.74, 6) is 0.839. The van der Waals surface area contributed by atoms with Crippen molar-refractivity contribution in [2.24, 2.45) is 0 Å². The summed E-state index contributed by atoms with van der Waals surface area (Å²) in [6.45, 7) is 3.02. The van der Waals surface area contributed by atoms with Crippen LogP contribution in [-0.2, 0) is 4.74 Å². The summed E-state index contributed by atoms with van der Waals surface area (Å²) in [6, 6.07) is 0. The summed E-state index contributed by atoms with van der Waals surface area (Å²) in [6.07, 6.45) is 8.49. The fraction of sp³-hybridized carbons (Fsp3) is 0.600. The largest absolute Gasteiger partial charge is 0.487 e. The number of ether oxygens (including phenoxy) is 1. The van der Waals surface area contributed by atoms with Gasteiger partial charge < -0.3 is 15.0 Å². The first-order chi connectivity index (χ1) is 6.34. The second-order valence-electron chi connectivity index (χ2n) is 3.56. The highest BCUT2D eigenvalue weighted by Crippen LogP contribution is 2.15. The van der Waals surface area contributed by atoms with Gasteiger partial charge in [0.05, 0.1) is 0 Å². The van der Waals surface area contributed by atoms with Crippen LogP contribution in [0.4, 0.5) is 0 Å². The predicted molar refractivity (Wildman–Crippen MR) is 50.9 cm³/mol. The minimum Gasteiger partial charge on any atom is -0.487 e. The number of nitrogens with zero attached hydrogens (tertiary/aromatic N) is 1. The summed E-state index contributed by atoms with van der Waals surface area (Å²) >= 11 is 0. The molecular weight excluding hydrogens is 164 g/mol. The quantitative estimate of drug-likeness (QED) is 0.668. The van der Waals surface area contributed by atoms with Crippen LogP contribution >= 0.6 is 0 Å². The van der Waals surface area contributed by atoms with Crippen molar-refractivity contribution in [1.82, 2.24) is 10.2 Å². The molecule has 1 unspecified atom stereocenters. The zero-order valence-electron chi connectivity index (χ0n) is 7.92. The molecule has 1 radical (unpaired) electrons. The molecule has 71 valence electrons. The van der Waals surface area contributed by atoms with E-state index in [4.69, 9.17) is 4.74 Å². The molecule has 2 aliphatic rings. The van der Waals surface area contributed by atoms with Gasteiger partial charge >= 0.3 is 0 Å². The Labute approximate surface area is 79.1 Å². The summed E-state index contributed by atoms with van der Waals surface area (Å²) in [5, 5.41) is 3.01. The number of allylic oxidation sites excluding steroid dienone is 1. The molecule has 13 heavy (non-hydrogen) atoms. The molecular formula is C10H15N2O. The number of hydrogen-bond donors (Lipinski definition) is 1. The highest BCUT2D eigenvalue weighted by atomic mass is 16.5. The molecule has 2 heterocycles. The Hall–Kier alpha value is -0.960. The van der Waals surface area contributed by atoms with E-state index in [1.54, 1.807) is 0 Å². The van der Waals surface area contributed by atoms with E-state index in [0.29, 0.717) is 6.10 Å². The standard InChI is InChI=1S/C10H15N2O/c1-12-6-4-10(8-12)13-9-3-2-5-11-7-9/h2-3,10-11H,4-6,8H2,1H3. The molecule has 2 rings (SSSR count). The maximum absolute atomic E-state index is 5.74. The fourth-order valence-electron chi connectivity index (χ4n) is 1.64. The van der Waals surface area contributed by atoms with E-state index < -0.39 is 0 Å². The molecule has 3 heteroatoms. The van der Waals surface area contributed by atoms with Gasteiger partial charge in [0.15, 0.2) is 0 Å². The summed E-state index contributed by atoms with van der Waals surface area (Å²) in [7, 11) is 2.12. The number of hydrogen-bond acceptors (Lipinski definition) is 3. The molecule has 3 nitrogen and oxygen atoms in total. The van der Waals surface area contributed by atoms with Crippen LogP contribution in [0, 0.1) is 6.20 Å². The lowest BCUT2D eigenvalue weighted by Crippen LogP contribution is -2.20. The van der Waals surface area contributed by atoms with E-state index in [1.165, 1.54) is 0 Å². The SMILES string of the molecule is CN1CCC(OC2=[C]NCC=C2)C1. The third-order valence-electron chi connectivity index (χ3n) is 2.34. The zero-order valence-corrected chi connectivity index (χ0v) is 7.92. The van der Waals surface area contributed by atoms with Crippen molar-refractivity contribution in [2.75, 3.05) is 26.7 Å². The van der Waals surface area contributed by atoms with Gasteiger partial charge in [-0.2, -0.15) is 0 Å². The Morgan fingerprint density at radius 3 is 3.23 bits per heavy atom. The number of dihydropyridines is 1. The highest BCUT2D eigenvalue weighted by Gasteiger charge is 2.21. The average Bonchev–Trinajstić information content (AvgIpc) is 2.53. The predicted octanol–water partition coefficient (Wildman–Crippen LogP) is 0.511. The normalized spacial score (nSPS) is 28.4. The number of likely N-dealkylation sites (tertiary alicyclic amines) is 1.